The van der Waals surface area contributed by atoms with Gasteiger partial charge in [-0.2, -0.15) is 5.01 Å². The lowest BCUT2D eigenvalue weighted by molar-refractivity contribution is 0.0426. The Bertz CT molecular complexity index is 684. The van der Waals surface area contributed by atoms with Gasteiger partial charge in [-0.3, -0.25) is 0 Å². The molecule has 0 aromatic carbocycles. The molecule has 0 saturated carbocycles. The van der Waals surface area contributed by atoms with Crippen LogP contribution in [0.5, 0.6) is 0 Å². The molecule has 1 aromatic heterocycles. The maximum absolute atomic E-state index is 12.5. The summed E-state index contributed by atoms with van der Waals surface area (Å²) in [5, 5.41) is 1.21. The fraction of sp³-hybridized carbons (Fsp3) is 0.588. The monoisotopic (exact) mass is 386 g/mol. The minimum Gasteiger partial charge on any atom is -0.465 e. The molecule has 0 bridgehead atoms. The quantitative estimate of drug-likeness (QED) is 0.469. The van der Waals surface area contributed by atoms with E-state index in [4.69, 9.17) is 14.2 Å². The normalized spacial score (nSPS) is 11.5. The third kappa shape index (κ3) is 6.55. The van der Waals surface area contributed by atoms with E-state index in [1.54, 1.807) is 54.5 Å². The first-order valence-corrected chi connectivity index (χ1v) is 8.76. The van der Waals surface area contributed by atoms with Crippen LogP contribution in [0.4, 0.5) is 14.6 Å². The van der Waals surface area contributed by atoms with Crippen LogP contribution >= 0.6 is 11.3 Å². The zero-order chi connectivity index (χ0) is 20.3. The van der Waals surface area contributed by atoms with Crippen molar-refractivity contribution in [1.82, 2.24) is 5.43 Å². The predicted octanol–water partition coefficient (Wildman–Crippen LogP) is 4.02. The number of hydrogen-bond donors (Lipinski definition) is 1. The van der Waals surface area contributed by atoms with Gasteiger partial charge in [0.05, 0.1) is 7.11 Å². The van der Waals surface area contributed by atoms with Gasteiger partial charge in [0, 0.05) is 0 Å². The highest BCUT2D eigenvalue weighted by atomic mass is 32.1. The van der Waals surface area contributed by atoms with E-state index in [2.05, 4.69) is 5.43 Å². The summed E-state index contributed by atoms with van der Waals surface area (Å²) >= 11 is 0.995. The van der Waals surface area contributed by atoms with E-state index in [1.807, 2.05) is 0 Å². The first-order chi connectivity index (χ1) is 11.7. The van der Waals surface area contributed by atoms with Crippen molar-refractivity contribution in [2.24, 2.45) is 0 Å². The van der Waals surface area contributed by atoms with Crippen molar-refractivity contribution >= 4 is 34.5 Å². The zero-order valence-corrected chi connectivity index (χ0v) is 17.2. The maximum Gasteiger partial charge on any atom is 0.434 e. The fourth-order valence-corrected chi connectivity index (χ4v) is 2.80. The molecule has 2 amide bonds. The number of methoxy groups -OCH3 is 1. The number of nitrogens with zero attached hydrogens (tertiary/aromatic N) is 1. The molecular weight excluding hydrogens is 360 g/mol. The van der Waals surface area contributed by atoms with Gasteiger partial charge < -0.3 is 14.2 Å². The minimum atomic E-state index is -0.825. The first-order valence-electron chi connectivity index (χ1n) is 7.95. The molecule has 0 radical (unpaired) electrons. The van der Waals surface area contributed by atoms with E-state index in [9.17, 15) is 14.4 Å². The van der Waals surface area contributed by atoms with Gasteiger partial charge in [-0.05, 0) is 60.1 Å². The summed E-state index contributed by atoms with van der Waals surface area (Å²) in [4.78, 5) is 36.8. The summed E-state index contributed by atoms with van der Waals surface area (Å²) in [6, 6.07) is 1.58. The van der Waals surface area contributed by atoms with Gasteiger partial charge in [-0.25, -0.2) is 19.8 Å². The van der Waals surface area contributed by atoms with Gasteiger partial charge in [-0.15, -0.1) is 11.3 Å². The van der Waals surface area contributed by atoms with Crippen molar-refractivity contribution < 1.29 is 28.6 Å². The third-order valence-corrected chi connectivity index (χ3v) is 3.88. The van der Waals surface area contributed by atoms with Crippen molar-refractivity contribution in [2.45, 2.75) is 59.7 Å². The molecule has 1 N–H and O–H groups in total. The van der Waals surface area contributed by atoms with Crippen LogP contribution in [0.1, 0.15) is 56.8 Å². The second kappa shape index (κ2) is 7.94. The molecule has 1 heterocycles. The molecule has 0 saturated heterocycles. The number of amides is 2. The maximum atomic E-state index is 12.5. The van der Waals surface area contributed by atoms with Crippen LogP contribution in [-0.4, -0.2) is 36.5 Å². The Hall–Kier alpha value is -2.29. The molecule has 26 heavy (non-hydrogen) atoms. The number of hydrogen-bond acceptors (Lipinski definition) is 7. The van der Waals surface area contributed by atoms with E-state index >= 15 is 0 Å². The number of rotatable bonds is 2. The standard InChI is InChI=1S/C17H26N2O6S/c1-10-9-11(26-12(10)13(20)23-8)19(15(22)25-17(5,6)7)18-14(21)24-16(2,3)4/h9H,1-8H3,(H,18,21). The van der Waals surface area contributed by atoms with Crippen LogP contribution in [0.15, 0.2) is 6.07 Å². The molecule has 1 rings (SSSR count). The number of esters is 1. The van der Waals surface area contributed by atoms with Crippen molar-refractivity contribution in [3.63, 3.8) is 0 Å². The lowest BCUT2D eigenvalue weighted by Gasteiger charge is -2.27. The molecule has 0 aliphatic carbocycles. The lowest BCUT2D eigenvalue weighted by atomic mass is 10.2. The summed E-state index contributed by atoms with van der Waals surface area (Å²) in [6.07, 6.45) is -1.63. The van der Waals surface area contributed by atoms with Crippen LogP contribution in [0, 0.1) is 6.92 Å². The smallest absolute Gasteiger partial charge is 0.434 e. The molecule has 9 heteroatoms. The lowest BCUT2D eigenvalue weighted by Crippen LogP contribution is -2.49. The molecule has 0 aliphatic heterocycles. The Morgan fingerprint density at radius 2 is 1.58 bits per heavy atom. The SMILES string of the molecule is COC(=O)c1sc(N(NC(=O)OC(C)(C)C)C(=O)OC(C)(C)C)cc1C. The number of aryl methyl sites for hydroxylation is 1. The van der Waals surface area contributed by atoms with Gasteiger partial charge in [-0.1, -0.05) is 0 Å². The Labute approximate surface area is 157 Å². The van der Waals surface area contributed by atoms with Crippen molar-refractivity contribution in [3.05, 3.63) is 16.5 Å². The molecular formula is C17H26N2O6S. The molecule has 0 unspecified atom stereocenters. The van der Waals surface area contributed by atoms with Gasteiger partial charge in [0.2, 0.25) is 0 Å². The van der Waals surface area contributed by atoms with Crippen LogP contribution in [-0.2, 0) is 14.2 Å². The summed E-state index contributed by atoms with van der Waals surface area (Å²) in [5.74, 6) is -0.528. The number of nitrogens with one attached hydrogen (secondary N) is 1. The molecule has 0 spiro atoms. The summed E-state index contributed by atoms with van der Waals surface area (Å²) < 4.78 is 15.2. The van der Waals surface area contributed by atoms with Crippen molar-refractivity contribution in [2.75, 3.05) is 12.1 Å². The number of carbonyl (C=O) groups is 3. The summed E-state index contributed by atoms with van der Waals surface area (Å²) in [7, 11) is 1.27. The Morgan fingerprint density at radius 1 is 1.04 bits per heavy atom. The topological polar surface area (TPSA) is 94.2 Å². The van der Waals surface area contributed by atoms with Crippen molar-refractivity contribution in [3.8, 4) is 0 Å². The van der Waals surface area contributed by atoms with Crippen LogP contribution < -0.4 is 10.4 Å². The van der Waals surface area contributed by atoms with Gasteiger partial charge in [0.25, 0.3) is 0 Å². The third-order valence-electron chi connectivity index (χ3n) is 2.67. The highest BCUT2D eigenvalue weighted by Crippen LogP contribution is 2.30. The molecule has 8 nitrogen and oxygen atoms in total. The highest BCUT2D eigenvalue weighted by molar-refractivity contribution is 7.18. The van der Waals surface area contributed by atoms with Gasteiger partial charge in [0.1, 0.15) is 21.1 Å². The summed E-state index contributed by atoms with van der Waals surface area (Å²) in [5.41, 5.74) is 1.45. The molecule has 0 atom stereocenters. The van der Waals surface area contributed by atoms with E-state index in [0.29, 0.717) is 15.4 Å². The number of ether oxygens (including phenoxy) is 3. The number of hydrazine groups is 1. The van der Waals surface area contributed by atoms with Gasteiger partial charge >= 0.3 is 18.2 Å². The molecule has 1 aromatic rings. The Kier molecular flexibility index (Phi) is 6.65. The molecule has 0 aliphatic rings. The average Bonchev–Trinajstić information content (AvgIpc) is 2.81. The number of carbonyl (C=O) groups excluding carboxylic acids is 3. The number of thiophene rings is 1. The molecule has 146 valence electrons. The minimum absolute atomic E-state index is 0.294. The average molecular weight is 386 g/mol. The zero-order valence-electron chi connectivity index (χ0n) is 16.4. The van der Waals surface area contributed by atoms with E-state index in [0.717, 1.165) is 16.3 Å². The highest BCUT2D eigenvalue weighted by Gasteiger charge is 2.29. The summed E-state index contributed by atoms with van der Waals surface area (Å²) in [6.45, 7) is 11.9. The van der Waals surface area contributed by atoms with Gasteiger partial charge in [0.15, 0.2) is 0 Å². The fourth-order valence-electron chi connectivity index (χ4n) is 1.76. The van der Waals surface area contributed by atoms with Crippen molar-refractivity contribution in [1.29, 1.82) is 0 Å². The van der Waals surface area contributed by atoms with E-state index < -0.39 is 29.4 Å². The molecule has 0 fully saturated rings. The second-order valence-corrected chi connectivity index (χ2v) is 8.55. The van der Waals surface area contributed by atoms with Crippen LogP contribution in [0.25, 0.3) is 0 Å². The van der Waals surface area contributed by atoms with E-state index in [1.165, 1.54) is 7.11 Å². The number of anilines is 1. The Balaban J connectivity index is 3.18. The second-order valence-electron chi connectivity index (χ2n) is 7.52. The van der Waals surface area contributed by atoms with Crippen LogP contribution in [0.2, 0.25) is 0 Å². The first kappa shape index (κ1) is 21.8. The predicted molar refractivity (Wildman–Crippen MR) is 98.5 cm³/mol. The largest absolute Gasteiger partial charge is 0.465 e. The van der Waals surface area contributed by atoms with E-state index in [-0.39, 0.29) is 0 Å². The Morgan fingerprint density at radius 3 is 2.04 bits per heavy atom. The van der Waals surface area contributed by atoms with Crippen LogP contribution in [0.3, 0.4) is 0 Å².